The van der Waals surface area contributed by atoms with Gasteiger partial charge in [0.2, 0.25) is 0 Å². The lowest BCUT2D eigenvalue weighted by Crippen LogP contribution is -2.52. The summed E-state index contributed by atoms with van der Waals surface area (Å²) in [6.45, 7) is 2.21. The van der Waals surface area contributed by atoms with Gasteiger partial charge in [-0.25, -0.2) is 9.97 Å². The molecule has 0 atom stereocenters. The first-order valence-electron chi connectivity index (χ1n) is 7.43. The lowest BCUT2D eigenvalue weighted by atomic mass is 10.1. The topological polar surface area (TPSA) is 49.3 Å². The first kappa shape index (κ1) is 17.3. The molecule has 2 heterocycles. The second-order valence-corrected chi connectivity index (χ2v) is 7.69. The van der Waals surface area contributed by atoms with Gasteiger partial charge in [0, 0.05) is 37.8 Å². The van der Waals surface area contributed by atoms with Crippen molar-refractivity contribution in [3.05, 3.63) is 42.7 Å². The molecule has 1 aromatic carbocycles. The van der Waals surface area contributed by atoms with Crippen LogP contribution in [0.2, 0.25) is 0 Å². The van der Waals surface area contributed by atoms with E-state index >= 15 is 0 Å². The predicted octanol–water partition coefficient (Wildman–Crippen LogP) is 3.16. The minimum Gasteiger partial charge on any atom is -0.353 e. The number of hydrogen-bond acceptors (Lipinski definition) is 4. The summed E-state index contributed by atoms with van der Waals surface area (Å²) in [5, 5.41) is 0. The zero-order valence-corrected chi connectivity index (χ0v) is 15.0. The van der Waals surface area contributed by atoms with Crippen molar-refractivity contribution in [1.82, 2.24) is 14.9 Å². The molecule has 0 bridgehead atoms. The summed E-state index contributed by atoms with van der Waals surface area (Å²) in [4.78, 5) is 24.3. The zero-order chi connectivity index (χ0) is 17.2. The van der Waals surface area contributed by atoms with Crippen molar-refractivity contribution < 1.29 is 4.79 Å². The van der Waals surface area contributed by atoms with E-state index in [1.54, 1.807) is 11.2 Å². The van der Waals surface area contributed by atoms with E-state index in [9.17, 15) is 4.79 Å². The van der Waals surface area contributed by atoms with Crippen LogP contribution >= 0.6 is 34.8 Å². The normalized spacial score (nSPS) is 15.5. The Morgan fingerprint density at radius 3 is 2.29 bits per heavy atom. The number of benzene rings is 1. The summed E-state index contributed by atoms with van der Waals surface area (Å²) in [7, 11) is 0. The third kappa shape index (κ3) is 3.91. The summed E-state index contributed by atoms with van der Waals surface area (Å²) in [6.07, 6.45) is 1.55. The summed E-state index contributed by atoms with van der Waals surface area (Å²) in [5.74, 6) is 0.338. The second kappa shape index (κ2) is 7.13. The lowest BCUT2D eigenvalue weighted by molar-refractivity contribution is -0.130. The van der Waals surface area contributed by atoms with Crippen molar-refractivity contribution in [2.24, 2.45) is 0 Å². The number of alkyl halides is 3. The maximum absolute atomic E-state index is 12.0. The average Bonchev–Trinajstić information content (AvgIpc) is 2.61. The molecule has 1 aliphatic rings. The number of carbonyl (C=O) groups is 1. The molecule has 24 heavy (non-hydrogen) atoms. The standard InChI is InChI=1S/C16H15Cl3N4O/c17-16(18,19)15(24)23-8-6-22(7-9-23)14-10-13(20-11-21-14)12-4-2-1-3-5-12/h1-5,10-11H,6-9H2. The maximum atomic E-state index is 12.0. The Morgan fingerprint density at radius 1 is 1.00 bits per heavy atom. The Labute approximate surface area is 155 Å². The van der Waals surface area contributed by atoms with Crippen molar-refractivity contribution in [2.45, 2.75) is 3.79 Å². The van der Waals surface area contributed by atoms with Gasteiger partial charge in [0.1, 0.15) is 12.1 Å². The monoisotopic (exact) mass is 384 g/mol. The van der Waals surface area contributed by atoms with Crippen molar-refractivity contribution in [3.63, 3.8) is 0 Å². The molecular weight excluding hydrogens is 371 g/mol. The molecule has 3 rings (SSSR count). The number of amides is 1. The van der Waals surface area contributed by atoms with Crippen LogP contribution in [0.15, 0.2) is 42.7 Å². The van der Waals surface area contributed by atoms with Crippen LogP contribution in [0.1, 0.15) is 0 Å². The lowest BCUT2D eigenvalue weighted by Gasteiger charge is -2.36. The number of carbonyl (C=O) groups excluding carboxylic acids is 1. The largest absolute Gasteiger partial charge is 0.353 e. The van der Waals surface area contributed by atoms with Crippen LogP contribution in [-0.2, 0) is 4.79 Å². The molecule has 126 valence electrons. The van der Waals surface area contributed by atoms with Crippen molar-refractivity contribution in [2.75, 3.05) is 31.1 Å². The van der Waals surface area contributed by atoms with Gasteiger partial charge in [0.25, 0.3) is 9.70 Å². The van der Waals surface area contributed by atoms with Crippen LogP contribution in [0, 0.1) is 0 Å². The van der Waals surface area contributed by atoms with Crippen LogP contribution < -0.4 is 4.90 Å². The highest BCUT2D eigenvalue weighted by Gasteiger charge is 2.36. The number of hydrogen-bond donors (Lipinski definition) is 0. The fraction of sp³-hybridized carbons (Fsp3) is 0.312. The molecule has 0 saturated carbocycles. The number of aromatic nitrogens is 2. The SMILES string of the molecule is O=C(N1CCN(c2cc(-c3ccccc3)ncn2)CC1)C(Cl)(Cl)Cl. The van der Waals surface area contributed by atoms with Crippen molar-refractivity contribution >= 4 is 46.5 Å². The molecule has 8 heteroatoms. The van der Waals surface area contributed by atoms with Crippen LogP contribution in [0.5, 0.6) is 0 Å². The molecule has 1 aliphatic heterocycles. The molecule has 0 N–H and O–H groups in total. The van der Waals surface area contributed by atoms with E-state index in [4.69, 9.17) is 34.8 Å². The number of halogens is 3. The second-order valence-electron chi connectivity index (χ2n) is 5.40. The molecule has 2 aromatic rings. The van der Waals surface area contributed by atoms with Gasteiger partial charge >= 0.3 is 0 Å². The van der Waals surface area contributed by atoms with Gasteiger partial charge in [-0.15, -0.1) is 0 Å². The highest BCUT2D eigenvalue weighted by Crippen LogP contribution is 2.29. The van der Waals surface area contributed by atoms with E-state index in [0.717, 1.165) is 17.1 Å². The van der Waals surface area contributed by atoms with Gasteiger partial charge in [0.15, 0.2) is 0 Å². The predicted molar refractivity (Wildman–Crippen MR) is 96.6 cm³/mol. The van der Waals surface area contributed by atoms with Crippen LogP contribution in [0.3, 0.4) is 0 Å². The Hall–Kier alpha value is -1.56. The Kier molecular flexibility index (Phi) is 5.13. The molecule has 0 aliphatic carbocycles. The van der Waals surface area contributed by atoms with E-state index in [1.807, 2.05) is 36.4 Å². The van der Waals surface area contributed by atoms with E-state index in [1.165, 1.54) is 0 Å². The maximum Gasteiger partial charge on any atom is 0.274 e. The molecule has 5 nitrogen and oxygen atoms in total. The van der Waals surface area contributed by atoms with Gasteiger partial charge in [-0.3, -0.25) is 4.79 Å². The van der Waals surface area contributed by atoms with Crippen LogP contribution in [0.4, 0.5) is 5.82 Å². The molecule has 1 aromatic heterocycles. The van der Waals surface area contributed by atoms with Crippen molar-refractivity contribution in [1.29, 1.82) is 0 Å². The average molecular weight is 386 g/mol. The summed E-state index contributed by atoms with van der Waals surface area (Å²) < 4.78 is -1.91. The molecular formula is C16H15Cl3N4O. The molecule has 1 amide bonds. The Balaban J connectivity index is 1.70. The van der Waals surface area contributed by atoms with E-state index < -0.39 is 9.70 Å². The van der Waals surface area contributed by atoms with E-state index in [0.29, 0.717) is 26.2 Å². The van der Waals surface area contributed by atoms with E-state index in [-0.39, 0.29) is 0 Å². The Bertz CT molecular complexity index is 713. The molecule has 1 saturated heterocycles. The highest BCUT2D eigenvalue weighted by atomic mass is 35.6. The zero-order valence-electron chi connectivity index (χ0n) is 12.7. The van der Waals surface area contributed by atoms with Gasteiger partial charge in [-0.1, -0.05) is 65.1 Å². The summed E-state index contributed by atoms with van der Waals surface area (Å²) in [6, 6.07) is 11.9. The van der Waals surface area contributed by atoms with Crippen LogP contribution in [-0.4, -0.2) is 50.7 Å². The molecule has 0 unspecified atom stereocenters. The van der Waals surface area contributed by atoms with Gasteiger partial charge in [0.05, 0.1) is 5.69 Å². The third-order valence-corrected chi connectivity index (χ3v) is 4.34. The highest BCUT2D eigenvalue weighted by molar-refractivity contribution is 6.76. The first-order chi connectivity index (χ1) is 11.4. The van der Waals surface area contributed by atoms with E-state index in [2.05, 4.69) is 14.9 Å². The Morgan fingerprint density at radius 2 is 1.67 bits per heavy atom. The summed E-state index contributed by atoms with van der Waals surface area (Å²) >= 11 is 17.0. The quantitative estimate of drug-likeness (QED) is 0.745. The molecule has 0 radical (unpaired) electrons. The minimum absolute atomic E-state index is 0.484. The third-order valence-electron chi connectivity index (χ3n) is 3.86. The smallest absolute Gasteiger partial charge is 0.274 e. The number of nitrogens with zero attached hydrogens (tertiary/aromatic N) is 4. The number of piperazine rings is 1. The minimum atomic E-state index is -1.91. The van der Waals surface area contributed by atoms with Crippen molar-refractivity contribution in [3.8, 4) is 11.3 Å². The van der Waals surface area contributed by atoms with Gasteiger partial charge < -0.3 is 9.80 Å². The first-order valence-corrected chi connectivity index (χ1v) is 8.57. The molecule has 0 spiro atoms. The number of rotatable bonds is 2. The van der Waals surface area contributed by atoms with Gasteiger partial charge in [-0.2, -0.15) is 0 Å². The fourth-order valence-corrected chi connectivity index (χ4v) is 2.96. The van der Waals surface area contributed by atoms with Gasteiger partial charge in [-0.05, 0) is 0 Å². The fourth-order valence-electron chi connectivity index (χ4n) is 2.60. The summed E-state index contributed by atoms with van der Waals surface area (Å²) in [5.41, 5.74) is 1.89. The van der Waals surface area contributed by atoms with Crippen LogP contribution in [0.25, 0.3) is 11.3 Å². The molecule has 1 fully saturated rings. The number of anilines is 1.